The highest BCUT2D eigenvalue weighted by Crippen LogP contribution is 2.27. The van der Waals surface area contributed by atoms with Crippen molar-refractivity contribution in [3.8, 4) is 0 Å². The van der Waals surface area contributed by atoms with Gasteiger partial charge in [0.2, 0.25) is 0 Å². The van der Waals surface area contributed by atoms with Gasteiger partial charge < -0.3 is 0 Å². The van der Waals surface area contributed by atoms with E-state index in [-0.39, 0.29) is 5.78 Å². The molecule has 0 bridgehead atoms. The summed E-state index contributed by atoms with van der Waals surface area (Å²) in [5.74, 6) is 3.51. The molecule has 2 heteroatoms. The van der Waals surface area contributed by atoms with E-state index < -0.39 is 0 Å². The Bertz CT molecular complexity index is 353. The first kappa shape index (κ1) is 10.7. The number of benzene rings is 1. The second-order valence-electron chi connectivity index (χ2n) is 4.15. The Hall–Kier alpha value is -0.760. The zero-order chi connectivity index (χ0) is 10.7. The van der Waals surface area contributed by atoms with Crippen molar-refractivity contribution in [1.29, 1.82) is 0 Å². The Morgan fingerprint density at radius 1 is 1.47 bits per heavy atom. The van der Waals surface area contributed by atoms with Crippen LogP contribution >= 0.6 is 11.8 Å². The van der Waals surface area contributed by atoms with Gasteiger partial charge in [0, 0.05) is 5.56 Å². The molecule has 0 aliphatic carbocycles. The van der Waals surface area contributed by atoms with E-state index in [2.05, 4.69) is 6.07 Å². The number of carbonyl (C=O) groups is 1. The highest BCUT2D eigenvalue weighted by molar-refractivity contribution is 7.99. The fourth-order valence-corrected chi connectivity index (χ4v) is 3.38. The summed E-state index contributed by atoms with van der Waals surface area (Å²) in [6.45, 7) is 1.65. The molecule has 2 rings (SSSR count). The average molecular weight is 220 g/mol. The van der Waals surface area contributed by atoms with Crippen LogP contribution in [0.25, 0.3) is 0 Å². The standard InChI is InChI=1S/C13H16OS/c1-10(14)13-5-3-2-4-12(13)8-11-6-7-15-9-11/h2-5,11H,6-9H2,1H3. The molecule has 0 N–H and O–H groups in total. The third kappa shape index (κ3) is 2.63. The zero-order valence-corrected chi connectivity index (χ0v) is 9.85. The molecule has 1 atom stereocenters. The Balaban J connectivity index is 2.15. The van der Waals surface area contributed by atoms with Gasteiger partial charge in [-0.3, -0.25) is 4.79 Å². The predicted octanol–water partition coefficient (Wildman–Crippen LogP) is 3.18. The molecule has 1 aromatic carbocycles. The molecule has 1 heterocycles. The number of rotatable bonds is 3. The predicted molar refractivity (Wildman–Crippen MR) is 65.6 cm³/mol. The molecule has 1 nitrogen and oxygen atoms in total. The lowest BCUT2D eigenvalue weighted by atomic mass is 9.94. The number of ketones is 1. The fourth-order valence-electron chi connectivity index (χ4n) is 2.10. The first-order valence-corrected chi connectivity index (χ1v) is 6.59. The second-order valence-corrected chi connectivity index (χ2v) is 5.30. The van der Waals surface area contributed by atoms with Crippen molar-refractivity contribution in [1.82, 2.24) is 0 Å². The molecule has 1 saturated heterocycles. The van der Waals surface area contributed by atoms with Gasteiger partial charge in [-0.15, -0.1) is 0 Å². The molecular weight excluding hydrogens is 204 g/mol. The van der Waals surface area contributed by atoms with Crippen LogP contribution < -0.4 is 0 Å². The van der Waals surface area contributed by atoms with E-state index in [4.69, 9.17) is 0 Å². The van der Waals surface area contributed by atoms with Crippen LogP contribution in [0.5, 0.6) is 0 Å². The van der Waals surface area contributed by atoms with Gasteiger partial charge in [0.1, 0.15) is 0 Å². The number of hydrogen-bond donors (Lipinski definition) is 0. The summed E-state index contributed by atoms with van der Waals surface area (Å²) in [5.41, 5.74) is 2.15. The van der Waals surface area contributed by atoms with E-state index in [1.54, 1.807) is 6.92 Å². The average Bonchev–Trinajstić information content (AvgIpc) is 2.71. The molecule has 15 heavy (non-hydrogen) atoms. The zero-order valence-electron chi connectivity index (χ0n) is 9.03. The summed E-state index contributed by atoms with van der Waals surface area (Å²) < 4.78 is 0. The molecular formula is C13H16OS. The topological polar surface area (TPSA) is 17.1 Å². The van der Waals surface area contributed by atoms with Crippen molar-refractivity contribution in [2.45, 2.75) is 19.8 Å². The van der Waals surface area contributed by atoms with Crippen LogP contribution in [0.15, 0.2) is 24.3 Å². The first-order valence-electron chi connectivity index (χ1n) is 5.44. The van der Waals surface area contributed by atoms with E-state index >= 15 is 0 Å². The SMILES string of the molecule is CC(=O)c1ccccc1CC1CCSC1. The van der Waals surface area contributed by atoms with Gasteiger partial charge in [0.05, 0.1) is 0 Å². The van der Waals surface area contributed by atoms with Crippen LogP contribution in [0, 0.1) is 5.92 Å². The van der Waals surface area contributed by atoms with Gasteiger partial charge in [-0.2, -0.15) is 11.8 Å². The van der Waals surface area contributed by atoms with Crippen LogP contribution in [-0.4, -0.2) is 17.3 Å². The van der Waals surface area contributed by atoms with E-state index in [1.165, 1.54) is 23.5 Å². The first-order chi connectivity index (χ1) is 7.27. The van der Waals surface area contributed by atoms with E-state index in [0.29, 0.717) is 0 Å². The van der Waals surface area contributed by atoms with Crippen molar-refractivity contribution in [2.75, 3.05) is 11.5 Å². The lowest BCUT2D eigenvalue weighted by Crippen LogP contribution is -2.07. The lowest BCUT2D eigenvalue weighted by molar-refractivity contribution is 0.101. The maximum Gasteiger partial charge on any atom is 0.160 e. The highest BCUT2D eigenvalue weighted by Gasteiger charge is 2.17. The fraction of sp³-hybridized carbons (Fsp3) is 0.462. The molecule has 1 fully saturated rings. The number of hydrogen-bond acceptors (Lipinski definition) is 2. The molecule has 0 amide bonds. The second kappa shape index (κ2) is 4.84. The van der Waals surface area contributed by atoms with E-state index in [0.717, 1.165) is 17.9 Å². The number of carbonyl (C=O) groups excluding carboxylic acids is 1. The summed E-state index contributed by atoms with van der Waals surface area (Å²) >= 11 is 2.03. The third-order valence-corrected chi connectivity index (χ3v) is 4.16. The van der Waals surface area contributed by atoms with Gasteiger partial charge in [0.15, 0.2) is 5.78 Å². The molecule has 1 aliphatic heterocycles. The van der Waals surface area contributed by atoms with E-state index in [9.17, 15) is 4.79 Å². The van der Waals surface area contributed by atoms with Gasteiger partial charge in [0.25, 0.3) is 0 Å². The summed E-state index contributed by atoms with van der Waals surface area (Å²) in [4.78, 5) is 11.4. The number of Topliss-reactive ketones (excluding diaryl/α,β-unsaturated/α-hetero) is 1. The van der Waals surface area contributed by atoms with Crippen molar-refractivity contribution < 1.29 is 4.79 Å². The Labute approximate surface area is 95.3 Å². The summed E-state index contributed by atoms with van der Waals surface area (Å²) in [5, 5.41) is 0. The molecule has 0 spiro atoms. The van der Waals surface area contributed by atoms with E-state index in [1.807, 2.05) is 30.0 Å². The van der Waals surface area contributed by atoms with Crippen molar-refractivity contribution >= 4 is 17.5 Å². The van der Waals surface area contributed by atoms with Gasteiger partial charge in [-0.25, -0.2) is 0 Å². The Morgan fingerprint density at radius 2 is 2.27 bits per heavy atom. The molecule has 80 valence electrons. The van der Waals surface area contributed by atoms with Crippen molar-refractivity contribution in [3.05, 3.63) is 35.4 Å². The van der Waals surface area contributed by atoms with Crippen LogP contribution in [0.3, 0.4) is 0 Å². The molecule has 1 aliphatic rings. The highest BCUT2D eigenvalue weighted by atomic mass is 32.2. The maximum atomic E-state index is 11.4. The van der Waals surface area contributed by atoms with Crippen LogP contribution in [-0.2, 0) is 6.42 Å². The van der Waals surface area contributed by atoms with Gasteiger partial charge in [-0.1, -0.05) is 24.3 Å². The monoisotopic (exact) mass is 220 g/mol. The third-order valence-electron chi connectivity index (χ3n) is 2.93. The normalized spacial score (nSPS) is 20.5. The lowest BCUT2D eigenvalue weighted by Gasteiger charge is -2.11. The quantitative estimate of drug-likeness (QED) is 0.728. The molecule has 1 aromatic rings. The molecule has 0 radical (unpaired) electrons. The summed E-state index contributed by atoms with van der Waals surface area (Å²) in [7, 11) is 0. The molecule has 0 aromatic heterocycles. The smallest absolute Gasteiger partial charge is 0.160 e. The van der Waals surface area contributed by atoms with Gasteiger partial charge in [-0.05, 0) is 42.8 Å². The summed E-state index contributed by atoms with van der Waals surface area (Å²) in [6, 6.07) is 8.02. The number of thioether (sulfide) groups is 1. The maximum absolute atomic E-state index is 11.4. The van der Waals surface area contributed by atoms with Crippen molar-refractivity contribution in [3.63, 3.8) is 0 Å². The Morgan fingerprint density at radius 3 is 2.93 bits per heavy atom. The van der Waals surface area contributed by atoms with Crippen LogP contribution in [0.2, 0.25) is 0 Å². The minimum Gasteiger partial charge on any atom is -0.295 e. The largest absolute Gasteiger partial charge is 0.295 e. The molecule has 0 saturated carbocycles. The van der Waals surface area contributed by atoms with Crippen LogP contribution in [0.1, 0.15) is 29.3 Å². The minimum atomic E-state index is 0.191. The van der Waals surface area contributed by atoms with Crippen molar-refractivity contribution in [2.24, 2.45) is 5.92 Å². The molecule has 1 unspecified atom stereocenters. The summed E-state index contributed by atoms with van der Waals surface area (Å²) in [6.07, 6.45) is 2.37. The Kier molecular flexibility index (Phi) is 3.47. The van der Waals surface area contributed by atoms with Gasteiger partial charge >= 0.3 is 0 Å². The van der Waals surface area contributed by atoms with Crippen LogP contribution in [0.4, 0.5) is 0 Å². The minimum absolute atomic E-state index is 0.191.